The van der Waals surface area contributed by atoms with Crippen molar-refractivity contribution in [2.75, 3.05) is 19.8 Å². The summed E-state index contributed by atoms with van der Waals surface area (Å²) in [7, 11) is 0. The van der Waals surface area contributed by atoms with Crippen LogP contribution in [0.4, 0.5) is 0 Å². The molecule has 0 aromatic rings. The van der Waals surface area contributed by atoms with Crippen LogP contribution in [0.2, 0.25) is 0 Å². The van der Waals surface area contributed by atoms with Gasteiger partial charge in [0, 0.05) is 25.2 Å². The van der Waals surface area contributed by atoms with Crippen molar-refractivity contribution in [2.24, 2.45) is 17.1 Å². The molecule has 1 heterocycles. The minimum atomic E-state index is -0.172. The molecule has 94 valence electrons. The van der Waals surface area contributed by atoms with Gasteiger partial charge in [-0.15, -0.1) is 0 Å². The summed E-state index contributed by atoms with van der Waals surface area (Å²) in [5.74, 6) is 0.713. The highest BCUT2D eigenvalue weighted by molar-refractivity contribution is 4.92. The monoisotopic (exact) mass is 227 g/mol. The summed E-state index contributed by atoms with van der Waals surface area (Å²) in [6, 6.07) is 0. The van der Waals surface area contributed by atoms with Gasteiger partial charge in [-0.1, -0.05) is 12.8 Å². The van der Waals surface area contributed by atoms with Crippen LogP contribution in [0.1, 0.15) is 44.9 Å². The van der Waals surface area contributed by atoms with Gasteiger partial charge in [0.15, 0.2) is 0 Å². The highest BCUT2D eigenvalue weighted by atomic mass is 16.5. The van der Waals surface area contributed by atoms with E-state index in [1.165, 1.54) is 6.42 Å². The van der Waals surface area contributed by atoms with Crippen LogP contribution < -0.4 is 5.73 Å². The first kappa shape index (κ1) is 12.3. The lowest BCUT2D eigenvalue weighted by molar-refractivity contribution is -0.0364. The normalized spacial score (nSPS) is 37.5. The zero-order chi connectivity index (χ0) is 11.4. The van der Waals surface area contributed by atoms with Gasteiger partial charge in [-0.2, -0.15) is 0 Å². The van der Waals surface area contributed by atoms with Crippen LogP contribution in [0.3, 0.4) is 0 Å². The maximum atomic E-state index is 10.2. The summed E-state index contributed by atoms with van der Waals surface area (Å²) < 4.78 is 5.39. The Balaban J connectivity index is 1.96. The first-order valence-corrected chi connectivity index (χ1v) is 6.73. The Hall–Kier alpha value is -0.120. The van der Waals surface area contributed by atoms with Crippen LogP contribution in [-0.2, 0) is 4.74 Å². The molecule has 16 heavy (non-hydrogen) atoms. The second-order valence-corrected chi connectivity index (χ2v) is 5.59. The van der Waals surface area contributed by atoms with Gasteiger partial charge < -0.3 is 15.6 Å². The van der Waals surface area contributed by atoms with E-state index >= 15 is 0 Å². The molecule has 2 atom stereocenters. The van der Waals surface area contributed by atoms with E-state index in [9.17, 15) is 5.11 Å². The molecule has 2 aliphatic rings. The standard InChI is InChI=1S/C13H25NO2/c14-10-13(6-2-1-3-12(13)15)9-11-4-7-16-8-5-11/h11-12,15H,1-10,14H2. The summed E-state index contributed by atoms with van der Waals surface area (Å²) in [6.07, 6.45) is 7.68. The number of aliphatic hydroxyl groups is 1. The van der Waals surface area contributed by atoms with Gasteiger partial charge in [-0.25, -0.2) is 0 Å². The molecule has 2 unspecified atom stereocenters. The van der Waals surface area contributed by atoms with Crippen molar-refractivity contribution < 1.29 is 9.84 Å². The summed E-state index contributed by atoms with van der Waals surface area (Å²) in [4.78, 5) is 0. The molecule has 0 amide bonds. The number of hydrogen-bond acceptors (Lipinski definition) is 3. The van der Waals surface area contributed by atoms with Crippen LogP contribution >= 0.6 is 0 Å². The highest BCUT2D eigenvalue weighted by Gasteiger charge is 2.40. The Kier molecular flexibility index (Phi) is 4.22. The van der Waals surface area contributed by atoms with Crippen molar-refractivity contribution in [1.82, 2.24) is 0 Å². The Morgan fingerprint density at radius 2 is 1.94 bits per heavy atom. The molecule has 3 heteroatoms. The first-order valence-electron chi connectivity index (χ1n) is 6.73. The molecule has 0 spiro atoms. The van der Waals surface area contributed by atoms with Crippen molar-refractivity contribution >= 4 is 0 Å². The summed E-state index contributed by atoms with van der Waals surface area (Å²) in [5.41, 5.74) is 5.97. The predicted molar refractivity (Wildman–Crippen MR) is 64.1 cm³/mol. The van der Waals surface area contributed by atoms with E-state index in [1.54, 1.807) is 0 Å². The van der Waals surface area contributed by atoms with E-state index in [2.05, 4.69) is 0 Å². The third-order valence-corrected chi connectivity index (χ3v) is 4.55. The van der Waals surface area contributed by atoms with E-state index < -0.39 is 0 Å². The summed E-state index contributed by atoms with van der Waals surface area (Å²) >= 11 is 0. The number of nitrogens with two attached hydrogens (primary N) is 1. The van der Waals surface area contributed by atoms with Gasteiger partial charge in [0.05, 0.1) is 6.10 Å². The minimum Gasteiger partial charge on any atom is -0.393 e. The molecular formula is C13H25NO2. The zero-order valence-electron chi connectivity index (χ0n) is 10.2. The Morgan fingerprint density at radius 3 is 2.56 bits per heavy atom. The molecule has 2 fully saturated rings. The van der Waals surface area contributed by atoms with Gasteiger partial charge in [0.1, 0.15) is 0 Å². The van der Waals surface area contributed by atoms with Gasteiger partial charge in [-0.3, -0.25) is 0 Å². The number of rotatable bonds is 3. The summed E-state index contributed by atoms with van der Waals surface area (Å²) in [5, 5.41) is 10.2. The average molecular weight is 227 g/mol. The maximum Gasteiger partial charge on any atom is 0.0608 e. The average Bonchev–Trinajstić information content (AvgIpc) is 2.34. The lowest BCUT2D eigenvalue weighted by Gasteiger charge is -2.43. The molecule has 0 aromatic heterocycles. The van der Waals surface area contributed by atoms with E-state index in [0.717, 1.165) is 51.7 Å². The number of aliphatic hydroxyl groups excluding tert-OH is 1. The molecule has 2 rings (SSSR count). The van der Waals surface area contributed by atoms with Gasteiger partial charge in [0.2, 0.25) is 0 Å². The fourth-order valence-electron chi connectivity index (χ4n) is 3.37. The third kappa shape index (κ3) is 2.58. The van der Waals surface area contributed by atoms with Crippen molar-refractivity contribution in [3.63, 3.8) is 0 Å². The lowest BCUT2D eigenvalue weighted by atomic mass is 9.66. The fraction of sp³-hybridized carbons (Fsp3) is 1.00. The third-order valence-electron chi connectivity index (χ3n) is 4.55. The van der Waals surface area contributed by atoms with Crippen molar-refractivity contribution in [1.29, 1.82) is 0 Å². The van der Waals surface area contributed by atoms with Gasteiger partial charge >= 0.3 is 0 Å². The van der Waals surface area contributed by atoms with Crippen LogP contribution in [0, 0.1) is 11.3 Å². The molecule has 1 saturated carbocycles. The van der Waals surface area contributed by atoms with Crippen molar-refractivity contribution in [3.8, 4) is 0 Å². The first-order chi connectivity index (χ1) is 7.77. The van der Waals surface area contributed by atoms with Crippen molar-refractivity contribution in [3.05, 3.63) is 0 Å². The molecule has 1 aliphatic carbocycles. The molecule has 0 radical (unpaired) electrons. The molecule has 3 nitrogen and oxygen atoms in total. The Labute approximate surface area is 98.4 Å². The zero-order valence-corrected chi connectivity index (χ0v) is 10.2. The number of hydrogen-bond donors (Lipinski definition) is 2. The van der Waals surface area contributed by atoms with Crippen LogP contribution in [0.25, 0.3) is 0 Å². The molecule has 3 N–H and O–H groups in total. The molecule has 1 aliphatic heterocycles. The topological polar surface area (TPSA) is 55.5 Å². The smallest absolute Gasteiger partial charge is 0.0608 e. The van der Waals surface area contributed by atoms with Crippen molar-refractivity contribution in [2.45, 2.75) is 51.0 Å². The lowest BCUT2D eigenvalue weighted by Crippen LogP contribution is -2.45. The highest BCUT2D eigenvalue weighted by Crippen LogP contribution is 2.42. The number of ether oxygens (including phenoxy) is 1. The van der Waals surface area contributed by atoms with Crippen LogP contribution in [0.5, 0.6) is 0 Å². The Morgan fingerprint density at radius 1 is 1.19 bits per heavy atom. The summed E-state index contributed by atoms with van der Waals surface area (Å²) in [6.45, 7) is 2.42. The predicted octanol–water partition coefficient (Wildman–Crippen LogP) is 1.68. The second kappa shape index (κ2) is 5.48. The second-order valence-electron chi connectivity index (χ2n) is 5.59. The Bertz CT molecular complexity index is 216. The van der Waals surface area contributed by atoms with E-state index in [4.69, 9.17) is 10.5 Å². The molecule has 1 saturated heterocycles. The fourth-order valence-corrected chi connectivity index (χ4v) is 3.37. The van der Waals surface area contributed by atoms with E-state index in [-0.39, 0.29) is 11.5 Å². The maximum absolute atomic E-state index is 10.2. The molecular weight excluding hydrogens is 202 g/mol. The molecule has 0 aromatic carbocycles. The van der Waals surface area contributed by atoms with Gasteiger partial charge in [0.25, 0.3) is 0 Å². The molecule has 0 bridgehead atoms. The van der Waals surface area contributed by atoms with Crippen LogP contribution in [-0.4, -0.2) is 31.0 Å². The van der Waals surface area contributed by atoms with Gasteiger partial charge in [-0.05, 0) is 38.0 Å². The SMILES string of the molecule is NCC1(CC2CCOCC2)CCCCC1O. The van der Waals surface area contributed by atoms with E-state index in [0.29, 0.717) is 12.5 Å². The van der Waals surface area contributed by atoms with E-state index in [1.807, 2.05) is 0 Å². The minimum absolute atomic E-state index is 0.0141. The quantitative estimate of drug-likeness (QED) is 0.771. The largest absolute Gasteiger partial charge is 0.393 e. The van der Waals surface area contributed by atoms with Crippen LogP contribution in [0.15, 0.2) is 0 Å².